The van der Waals surface area contributed by atoms with Crippen LogP contribution in [0.5, 0.6) is 0 Å². The molecule has 0 spiro atoms. The molecule has 0 radical (unpaired) electrons. The molecule has 0 bridgehead atoms. The molecule has 0 aliphatic heterocycles. The predicted molar refractivity (Wildman–Crippen MR) is 80.6 cm³/mol. The van der Waals surface area contributed by atoms with Crippen LogP contribution in [0.25, 0.3) is 0 Å². The van der Waals surface area contributed by atoms with E-state index in [4.69, 9.17) is 11.6 Å². The SMILES string of the molecule is O=Cc1ccc(C(=O)NCC(O)c2ccccc2Cl)cc1. The molecule has 1 amide bonds. The van der Waals surface area contributed by atoms with Gasteiger partial charge in [0.1, 0.15) is 6.29 Å². The number of benzene rings is 2. The summed E-state index contributed by atoms with van der Waals surface area (Å²) >= 11 is 5.98. The zero-order chi connectivity index (χ0) is 15.2. The Kier molecular flexibility index (Phi) is 5.09. The van der Waals surface area contributed by atoms with E-state index < -0.39 is 6.10 Å². The van der Waals surface area contributed by atoms with Crippen molar-refractivity contribution in [1.29, 1.82) is 0 Å². The third kappa shape index (κ3) is 3.90. The second-order valence-electron chi connectivity index (χ2n) is 4.49. The number of rotatable bonds is 5. The molecule has 0 aliphatic carbocycles. The second kappa shape index (κ2) is 7.02. The van der Waals surface area contributed by atoms with Gasteiger partial charge in [-0.15, -0.1) is 0 Å². The lowest BCUT2D eigenvalue weighted by atomic mass is 10.1. The smallest absolute Gasteiger partial charge is 0.251 e. The molecule has 4 nitrogen and oxygen atoms in total. The van der Waals surface area contributed by atoms with Gasteiger partial charge in [0.05, 0.1) is 6.10 Å². The van der Waals surface area contributed by atoms with Crippen molar-refractivity contribution in [3.63, 3.8) is 0 Å². The monoisotopic (exact) mass is 303 g/mol. The molecule has 2 rings (SSSR count). The molecule has 2 aromatic rings. The van der Waals surface area contributed by atoms with Gasteiger partial charge >= 0.3 is 0 Å². The number of nitrogens with one attached hydrogen (secondary N) is 1. The Hall–Kier alpha value is -2.17. The lowest BCUT2D eigenvalue weighted by molar-refractivity contribution is 0.0916. The molecule has 2 N–H and O–H groups in total. The van der Waals surface area contributed by atoms with E-state index in [0.29, 0.717) is 28.0 Å². The number of hydrogen-bond donors (Lipinski definition) is 2. The van der Waals surface area contributed by atoms with E-state index in [0.717, 1.165) is 0 Å². The van der Waals surface area contributed by atoms with E-state index in [9.17, 15) is 14.7 Å². The molecule has 1 unspecified atom stereocenters. The van der Waals surface area contributed by atoms with Crippen LogP contribution in [0.15, 0.2) is 48.5 Å². The highest BCUT2D eigenvalue weighted by atomic mass is 35.5. The van der Waals surface area contributed by atoms with Crippen molar-refractivity contribution in [1.82, 2.24) is 5.32 Å². The summed E-state index contributed by atoms with van der Waals surface area (Å²) in [6.07, 6.45) is -0.167. The molecule has 0 saturated heterocycles. The molecular weight excluding hydrogens is 290 g/mol. The Labute approximate surface area is 127 Å². The quantitative estimate of drug-likeness (QED) is 0.834. The van der Waals surface area contributed by atoms with Crippen LogP contribution in [0.2, 0.25) is 5.02 Å². The zero-order valence-corrected chi connectivity index (χ0v) is 11.9. The summed E-state index contributed by atoms with van der Waals surface area (Å²) in [5.41, 5.74) is 1.49. The Balaban J connectivity index is 1.97. The fourth-order valence-corrected chi connectivity index (χ4v) is 2.12. The van der Waals surface area contributed by atoms with Gasteiger partial charge in [-0.05, 0) is 18.2 Å². The molecule has 108 valence electrons. The first-order valence-corrected chi connectivity index (χ1v) is 6.75. The molecule has 0 fully saturated rings. The van der Waals surface area contributed by atoms with Crippen LogP contribution in [0.4, 0.5) is 0 Å². The lowest BCUT2D eigenvalue weighted by Crippen LogP contribution is -2.28. The predicted octanol–water partition coefficient (Wildman–Crippen LogP) is 2.62. The molecule has 21 heavy (non-hydrogen) atoms. The van der Waals surface area contributed by atoms with Crippen molar-refractivity contribution in [3.8, 4) is 0 Å². The van der Waals surface area contributed by atoms with Gasteiger partial charge in [0.25, 0.3) is 5.91 Å². The number of carbonyl (C=O) groups excluding carboxylic acids is 2. The van der Waals surface area contributed by atoms with Crippen LogP contribution in [-0.2, 0) is 0 Å². The first kappa shape index (κ1) is 15.2. The number of aldehydes is 1. The van der Waals surface area contributed by atoms with Gasteiger partial charge in [-0.2, -0.15) is 0 Å². The van der Waals surface area contributed by atoms with Crippen LogP contribution in [0.3, 0.4) is 0 Å². The van der Waals surface area contributed by atoms with Crippen LogP contribution in [0.1, 0.15) is 32.4 Å². The Morgan fingerprint density at radius 2 is 1.86 bits per heavy atom. The van der Waals surface area contributed by atoms with Gasteiger partial charge in [0.2, 0.25) is 0 Å². The highest BCUT2D eigenvalue weighted by Gasteiger charge is 2.13. The van der Waals surface area contributed by atoms with E-state index >= 15 is 0 Å². The third-order valence-electron chi connectivity index (χ3n) is 3.03. The first-order chi connectivity index (χ1) is 10.1. The van der Waals surface area contributed by atoms with E-state index in [1.807, 2.05) is 0 Å². The van der Waals surface area contributed by atoms with E-state index in [1.54, 1.807) is 48.5 Å². The van der Waals surface area contributed by atoms with Crippen molar-refractivity contribution < 1.29 is 14.7 Å². The standard InChI is InChI=1S/C16H14ClNO3/c17-14-4-2-1-3-13(14)15(20)9-18-16(21)12-7-5-11(10-19)6-8-12/h1-8,10,15,20H,9H2,(H,18,21). The molecule has 0 saturated carbocycles. The van der Waals surface area contributed by atoms with E-state index in [2.05, 4.69) is 5.32 Å². The van der Waals surface area contributed by atoms with E-state index in [-0.39, 0.29) is 12.5 Å². The minimum atomic E-state index is -0.878. The lowest BCUT2D eigenvalue weighted by Gasteiger charge is -2.13. The van der Waals surface area contributed by atoms with Crippen molar-refractivity contribution in [2.75, 3.05) is 6.54 Å². The number of aliphatic hydroxyl groups is 1. The van der Waals surface area contributed by atoms with Gasteiger partial charge in [-0.3, -0.25) is 9.59 Å². The third-order valence-corrected chi connectivity index (χ3v) is 3.37. The van der Waals surface area contributed by atoms with Crippen LogP contribution >= 0.6 is 11.6 Å². The Morgan fingerprint density at radius 1 is 1.19 bits per heavy atom. The summed E-state index contributed by atoms with van der Waals surface area (Å²) in [5, 5.41) is 13.1. The topological polar surface area (TPSA) is 66.4 Å². The van der Waals surface area contributed by atoms with Crippen molar-refractivity contribution in [3.05, 3.63) is 70.2 Å². The molecule has 0 aromatic heterocycles. The highest BCUT2D eigenvalue weighted by Crippen LogP contribution is 2.21. The zero-order valence-electron chi connectivity index (χ0n) is 11.1. The van der Waals surface area contributed by atoms with Gasteiger partial charge in [0, 0.05) is 28.3 Å². The molecule has 2 aromatic carbocycles. The maximum Gasteiger partial charge on any atom is 0.251 e. The van der Waals surface area contributed by atoms with E-state index in [1.165, 1.54) is 0 Å². The molecular formula is C16H14ClNO3. The largest absolute Gasteiger partial charge is 0.387 e. The molecule has 1 atom stereocenters. The minimum absolute atomic E-state index is 0.0536. The van der Waals surface area contributed by atoms with Gasteiger partial charge in [-0.1, -0.05) is 41.9 Å². The van der Waals surface area contributed by atoms with Gasteiger partial charge in [-0.25, -0.2) is 0 Å². The molecule has 0 aliphatic rings. The van der Waals surface area contributed by atoms with Gasteiger partial charge in [0.15, 0.2) is 0 Å². The van der Waals surface area contributed by atoms with Crippen molar-refractivity contribution in [2.24, 2.45) is 0 Å². The number of carbonyl (C=O) groups is 2. The fraction of sp³-hybridized carbons (Fsp3) is 0.125. The Morgan fingerprint density at radius 3 is 2.48 bits per heavy atom. The summed E-state index contributed by atoms with van der Waals surface area (Å²) in [7, 11) is 0. The number of aliphatic hydroxyl groups excluding tert-OH is 1. The highest BCUT2D eigenvalue weighted by molar-refractivity contribution is 6.31. The number of halogens is 1. The minimum Gasteiger partial charge on any atom is -0.387 e. The normalized spacial score (nSPS) is 11.7. The number of hydrogen-bond acceptors (Lipinski definition) is 3. The Bertz CT molecular complexity index is 640. The van der Waals surface area contributed by atoms with Crippen LogP contribution in [0, 0.1) is 0 Å². The summed E-state index contributed by atoms with van der Waals surface area (Å²) in [6.45, 7) is 0.0536. The summed E-state index contributed by atoms with van der Waals surface area (Å²) in [6, 6.07) is 13.2. The fourth-order valence-electron chi connectivity index (χ4n) is 1.86. The summed E-state index contributed by atoms with van der Waals surface area (Å²) in [5.74, 6) is -0.321. The summed E-state index contributed by atoms with van der Waals surface area (Å²) < 4.78 is 0. The first-order valence-electron chi connectivity index (χ1n) is 6.37. The average molecular weight is 304 g/mol. The van der Waals surface area contributed by atoms with Crippen molar-refractivity contribution >= 4 is 23.8 Å². The van der Waals surface area contributed by atoms with Gasteiger partial charge < -0.3 is 10.4 Å². The molecule has 0 heterocycles. The second-order valence-corrected chi connectivity index (χ2v) is 4.89. The van der Waals surface area contributed by atoms with Crippen LogP contribution < -0.4 is 5.32 Å². The van der Waals surface area contributed by atoms with Crippen molar-refractivity contribution in [2.45, 2.75) is 6.10 Å². The molecule has 5 heteroatoms. The average Bonchev–Trinajstić information content (AvgIpc) is 2.52. The summed E-state index contributed by atoms with van der Waals surface area (Å²) in [4.78, 5) is 22.5. The number of amides is 1. The maximum atomic E-state index is 11.9. The maximum absolute atomic E-state index is 11.9. The van der Waals surface area contributed by atoms with Crippen LogP contribution in [-0.4, -0.2) is 23.8 Å².